The molecule has 0 bridgehead atoms. The van der Waals surface area contributed by atoms with Crippen LogP contribution >= 0.6 is 0 Å². The number of nitrogens with one attached hydrogen (secondary N) is 1. The fourth-order valence-corrected chi connectivity index (χ4v) is 4.49. The van der Waals surface area contributed by atoms with Crippen molar-refractivity contribution in [3.8, 4) is 5.75 Å². The zero-order valence-corrected chi connectivity index (χ0v) is 19.6. The van der Waals surface area contributed by atoms with E-state index in [-0.39, 0.29) is 18.2 Å². The van der Waals surface area contributed by atoms with E-state index in [1.165, 1.54) is 5.69 Å². The average molecular weight is 473 g/mol. The molecule has 0 spiro atoms. The van der Waals surface area contributed by atoms with Gasteiger partial charge >= 0.3 is 0 Å². The fraction of sp³-hybridized carbons (Fsp3) is 0.308. The van der Waals surface area contributed by atoms with Crippen LogP contribution in [0.3, 0.4) is 0 Å². The summed E-state index contributed by atoms with van der Waals surface area (Å²) in [5, 5.41) is 2.86. The minimum absolute atomic E-state index is 0.0726. The normalized spacial score (nSPS) is 18.0. The summed E-state index contributed by atoms with van der Waals surface area (Å²) in [4.78, 5) is 40.4. The molecule has 9 nitrogen and oxygen atoms in total. The Kier molecular flexibility index (Phi) is 6.47. The Bertz CT molecular complexity index is 1160. The molecule has 3 aromatic rings. The highest BCUT2D eigenvalue weighted by molar-refractivity contribution is 6.03. The van der Waals surface area contributed by atoms with Crippen molar-refractivity contribution in [2.45, 2.75) is 6.42 Å². The standard InChI is InChI=1S/C26H28N6O3/c1-35-23-9-7-22(8-10-23)32-18-19(15-24(32)33)25(34)29-20-16-27-26(28-17-20)31-13-11-30(12-14-31)21-5-3-2-4-6-21/h2-10,16-17,19H,11-15,18H2,1H3,(H,29,34). The highest BCUT2D eigenvalue weighted by Gasteiger charge is 2.35. The number of rotatable bonds is 6. The number of anilines is 4. The molecule has 2 aromatic carbocycles. The Hall–Kier alpha value is -4.14. The quantitative estimate of drug-likeness (QED) is 0.590. The third-order valence-corrected chi connectivity index (χ3v) is 6.47. The molecule has 1 N–H and O–H groups in total. The smallest absolute Gasteiger partial charge is 0.229 e. The molecule has 2 fully saturated rings. The lowest BCUT2D eigenvalue weighted by Gasteiger charge is -2.36. The van der Waals surface area contributed by atoms with E-state index in [2.05, 4.69) is 49.4 Å². The number of nitrogens with zero attached hydrogens (tertiary/aromatic N) is 5. The molecule has 0 radical (unpaired) electrons. The molecule has 2 saturated heterocycles. The van der Waals surface area contributed by atoms with Crippen LogP contribution in [0.15, 0.2) is 67.0 Å². The summed E-state index contributed by atoms with van der Waals surface area (Å²) in [7, 11) is 1.60. The van der Waals surface area contributed by atoms with Gasteiger partial charge in [-0.05, 0) is 36.4 Å². The molecule has 3 heterocycles. The van der Waals surface area contributed by atoms with Crippen molar-refractivity contribution in [1.82, 2.24) is 9.97 Å². The fourth-order valence-electron chi connectivity index (χ4n) is 4.49. The molecule has 2 amide bonds. The van der Waals surface area contributed by atoms with Crippen LogP contribution < -0.4 is 24.8 Å². The lowest BCUT2D eigenvalue weighted by atomic mass is 10.1. The van der Waals surface area contributed by atoms with E-state index >= 15 is 0 Å². The maximum atomic E-state index is 12.8. The number of carbonyl (C=O) groups is 2. The van der Waals surface area contributed by atoms with E-state index in [1.807, 2.05) is 18.2 Å². The van der Waals surface area contributed by atoms with Gasteiger partial charge in [0.15, 0.2) is 0 Å². The number of ether oxygens (including phenoxy) is 1. The zero-order valence-electron chi connectivity index (χ0n) is 19.6. The van der Waals surface area contributed by atoms with Gasteiger partial charge in [0.25, 0.3) is 0 Å². The Morgan fingerprint density at radius 3 is 2.23 bits per heavy atom. The summed E-state index contributed by atoms with van der Waals surface area (Å²) in [5.74, 6) is 0.655. The summed E-state index contributed by atoms with van der Waals surface area (Å²) in [6.45, 7) is 3.78. The van der Waals surface area contributed by atoms with Crippen LogP contribution in [0.2, 0.25) is 0 Å². The summed E-state index contributed by atoms with van der Waals surface area (Å²) in [5.41, 5.74) is 2.50. The molecule has 0 aliphatic carbocycles. The molecule has 2 aliphatic heterocycles. The Balaban J connectivity index is 1.15. The Morgan fingerprint density at radius 2 is 1.57 bits per heavy atom. The van der Waals surface area contributed by atoms with E-state index in [1.54, 1.807) is 36.5 Å². The molecule has 5 rings (SSSR count). The van der Waals surface area contributed by atoms with Gasteiger partial charge in [-0.15, -0.1) is 0 Å². The molecule has 9 heteroatoms. The summed E-state index contributed by atoms with van der Waals surface area (Å²) in [6, 6.07) is 17.6. The first-order chi connectivity index (χ1) is 17.1. The molecule has 1 atom stereocenters. The number of piperazine rings is 1. The molecular weight excluding hydrogens is 444 g/mol. The van der Waals surface area contributed by atoms with E-state index in [0.717, 1.165) is 37.6 Å². The maximum Gasteiger partial charge on any atom is 0.229 e. The highest BCUT2D eigenvalue weighted by atomic mass is 16.5. The number of aromatic nitrogens is 2. The second-order valence-electron chi connectivity index (χ2n) is 8.67. The first kappa shape index (κ1) is 22.6. The van der Waals surface area contributed by atoms with Crippen molar-refractivity contribution in [2.75, 3.05) is 59.9 Å². The summed E-state index contributed by atoms with van der Waals surface area (Å²) < 4.78 is 5.17. The molecule has 35 heavy (non-hydrogen) atoms. The van der Waals surface area contributed by atoms with Crippen molar-refractivity contribution >= 4 is 34.8 Å². The number of benzene rings is 2. The van der Waals surface area contributed by atoms with Crippen LogP contribution in [0.5, 0.6) is 5.75 Å². The van der Waals surface area contributed by atoms with Crippen molar-refractivity contribution in [1.29, 1.82) is 0 Å². The van der Waals surface area contributed by atoms with Gasteiger partial charge in [0.05, 0.1) is 31.1 Å². The lowest BCUT2D eigenvalue weighted by molar-refractivity contribution is -0.122. The lowest BCUT2D eigenvalue weighted by Crippen LogP contribution is -2.47. The maximum absolute atomic E-state index is 12.8. The van der Waals surface area contributed by atoms with Gasteiger partial charge in [-0.25, -0.2) is 9.97 Å². The molecule has 0 saturated carbocycles. The molecule has 1 unspecified atom stereocenters. The number of para-hydroxylation sites is 1. The average Bonchev–Trinajstić information content (AvgIpc) is 3.31. The van der Waals surface area contributed by atoms with Gasteiger partial charge in [-0.2, -0.15) is 0 Å². The minimum Gasteiger partial charge on any atom is -0.497 e. The van der Waals surface area contributed by atoms with Crippen LogP contribution in [0.4, 0.5) is 23.0 Å². The van der Waals surface area contributed by atoms with Gasteiger partial charge in [0, 0.05) is 50.5 Å². The molecular formula is C26H28N6O3. The first-order valence-electron chi connectivity index (χ1n) is 11.7. The van der Waals surface area contributed by atoms with E-state index < -0.39 is 5.92 Å². The van der Waals surface area contributed by atoms with Crippen LogP contribution in [0, 0.1) is 5.92 Å². The second-order valence-corrected chi connectivity index (χ2v) is 8.67. The van der Waals surface area contributed by atoms with Gasteiger partial charge in [-0.1, -0.05) is 18.2 Å². The van der Waals surface area contributed by atoms with Gasteiger partial charge in [0.1, 0.15) is 5.75 Å². The van der Waals surface area contributed by atoms with Gasteiger partial charge in [-0.3, -0.25) is 9.59 Å². The van der Waals surface area contributed by atoms with Crippen molar-refractivity contribution < 1.29 is 14.3 Å². The predicted octanol–water partition coefficient (Wildman–Crippen LogP) is 2.80. The monoisotopic (exact) mass is 472 g/mol. The van der Waals surface area contributed by atoms with Crippen LogP contribution in [0.25, 0.3) is 0 Å². The topological polar surface area (TPSA) is 90.9 Å². The van der Waals surface area contributed by atoms with E-state index in [0.29, 0.717) is 18.2 Å². The number of hydrogen-bond acceptors (Lipinski definition) is 7. The number of amides is 2. The van der Waals surface area contributed by atoms with Crippen molar-refractivity contribution in [2.24, 2.45) is 5.92 Å². The Morgan fingerprint density at radius 1 is 0.914 bits per heavy atom. The molecule has 180 valence electrons. The highest BCUT2D eigenvalue weighted by Crippen LogP contribution is 2.27. The summed E-state index contributed by atoms with van der Waals surface area (Å²) >= 11 is 0. The van der Waals surface area contributed by atoms with Crippen LogP contribution in [-0.4, -0.2) is 61.6 Å². The third kappa shape index (κ3) is 5.03. The van der Waals surface area contributed by atoms with Crippen LogP contribution in [0.1, 0.15) is 6.42 Å². The number of hydrogen-bond donors (Lipinski definition) is 1. The number of methoxy groups -OCH3 is 1. The number of carbonyl (C=O) groups excluding carboxylic acids is 2. The predicted molar refractivity (Wildman–Crippen MR) is 135 cm³/mol. The largest absolute Gasteiger partial charge is 0.497 e. The summed E-state index contributed by atoms with van der Waals surface area (Å²) in [6.07, 6.45) is 3.42. The van der Waals surface area contributed by atoms with Crippen molar-refractivity contribution in [3.05, 3.63) is 67.0 Å². The SMILES string of the molecule is COc1ccc(N2CC(C(=O)Nc3cnc(N4CCN(c5ccccc5)CC4)nc3)CC2=O)cc1. The second kappa shape index (κ2) is 10.0. The van der Waals surface area contributed by atoms with Crippen molar-refractivity contribution in [3.63, 3.8) is 0 Å². The Labute approximate surface area is 204 Å². The van der Waals surface area contributed by atoms with E-state index in [4.69, 9.17) is 4.74 Å². The molecule has 1 aromatic heterocycles. The molecule has 2 aliphatic rings. The van der Waals surface area contributed by atoms with Gasteiger partial charge < -0.3 is 24.8 Å². The van der Waals surface area contributed by atoms with Gasteiger partial charge in [0.2, 0.25) is 17.8 Å². The van der Waals surface area contributed by atoms with Crippen LogP contribution in [-0.2, 0) is 9.59 Å². The minimum atomic E-state index is -0.435. The first-order valence-corrected chi connectivity index (χ1v) is 11.7. The third-order valence-electron chi connectivity index (χ3n) is 6.47. The van der Waals surface area contributed by atoms with E-state index in [9.17, 15) is 9.59 Å². The zero-order chi connectivity index (χ0) is 24.2.